The minimum atomic E-state index is -0.695. The molecule has 1 aliphatic carbocycles. The number of cyclic esters (lactones) is 4. The smallest absolute Gasteiger partial charge is 0.320 e. The molecule has 300 valence electrons. The van der Waals surface area contributed by atoms with Crippen molar-refractivity contribution in [3.05, 3.63) is 0 Å². The van der Waals surface area contributed by atoms with E-state index >= 15 is 0 Å². The van der Waals surface area contributed by atoms with Crippen LogP contribution in [0.25, 0.3) is 0 Å². The summed E-state index contributed by atoms with van der Waals surface area (Å²) in [5.74, 6) is -7.03. The SMILES string of the molecule is CCC1CC(CC2OC(C)C3C(=O)OC(=O)C23)C(C(=O)OC)C1COC=O.CCC1OC(CC2OC(C)C3C(=O)OC(=O)C23)C(C(=O)OC)C1COC=O. The Balaban J connectivity index is 0.000000208. The lowest BCUT2D eigenvalue weighted by Crippen LogP contribution is -2.36. The number of carbonyl (C=O) groups is 8. The van der Waals surface area contributed by atoms with Crippen LogP contribution in [-0.4, -0.2) is 113 Å². The molecule has 5 heterocycles. The third-order valence-corrected chi connectivity index (χ3v) is 12.3. The third-order valence-electron chi connectivity index (χ3n) is 12.3. The summed E-state index contributed by atoms with van der Waals surface area (Å²) in [7, 11) is 2.63. The molecule has 5 saturated heterocycles. The summed E-state index contributed by atoms with van der Waals surface area (Å²) < 4.78 is 47.2. The standard InChI is InChI=1S/C19H26O8.C18H24O9/c1-4-10-5-11(15(17(21)24-3)12(10)7-25-8-20)6-13-16-14(9(2)26-13)18(22)27-19(16)23;1-4-10-9(6-24-7-19)14(16(20)23-3)11(26-10)5-12-15-13(8(2)25-12)17(21)27-18(15)22/h8-16H,4-7H2,1-3H3;7-15H,4-6H2,1-3H3. The second kappa shape index (κ2) is 17.7. The molecule has 5 aliphatic heterocycles. The maximum Gasteiger partial charge on any atom is 0.320 e. The third kappa shape index (κ3) is 7.89. The van der Waals surface area contributed by atoms with Crippen molar-refractivity contribution in [3.63, 3.8) is 0 Å². The van der Waals surface area contributed by atoms with Crippen LogP contribution in [0.5, 0.6) is 0 Å². The highest BCUT2D eigenvalue weighted by Crippen LogP contribution is 2.50. The summed E-state index contributed by atoms with van der Waals surface area (Å²) >= 11 is 0. The second-order valence-corrected chi connectivity index (χ2v) is 14.9. The van der Waals surface area contributed by atoms with Gasteiger partial charge in [0.15, 0.2) is 0 Å². The van der Waals surface area contributed by atoms with Gasteiger partial charge in [-0.3, -0.25) is 38.4 Å². The molecule has 17 heteroatoms. The first-order valence-corrected chi connectivity index (χ1v) is 18.6. The van der Waals surface area contributed by atoms with Gasteiger partial charge in [0.2, 0.25) is 0 Å². The first-order valence-electron chi connectivity index (χ1n) is 18.6. The molecule has 6 fully saturated rings. The molecule has 17 nitrogen and oxygen atoms in total. The molecule has 16 atom stereocenters. The number of methoxy groups -OCH3 is 2. The Labute approximate surface area is 312 Å². The van der Waals surface area contributed by atoms with Crippen LogP contribution in [0.3, 0.4) is 0 Å². The van der Waals surface area contributed by atoms with Gasteiger partial charge in [-0.25, -0.2) is 0 Å². The Morgan fingerprint density at radius 3 is 1.57 bits per heavy atom. The zero-order valence-electron chi connectivity index (χ0n) is 31.3. The molecule has 0 aromatic carbocycles. The summed E-state index contributed by atoms with van der Waals surface area (Å²) in [5, 5.41) is 0. The summed E-state index contributed by atoms with van der Waals surface area (Å²) in [6.07, 6.45) is 0.112. The number of ether oxygens (including phenoxy) is 9. The first kappa shape index (κ1) is 41.2. The van der Waals surface area contributed by atoms with Crippen molar-refractivity contribution in [2.24, 2.45) is 59.2 Å². The van der Waals surface area contributed by atoms with Crippen LogP contribution < -0.4 is 0 Å². The number of rotatable bonds is 14. The fraction of sp³-hybridized carbons (Fsp3) is 0.784. The van der Waals surface area contributed by atoms with Gasteiger partial charge in [0, 0.05) is 18.3 Å². The lowest BCUT2D eigenvalue weighted by Gasteiger charge is -2.26. The predicted octanol–water partition coefficient (Wildman–Crippen LogP) is 1.34. The van der Waals surface area contributed by atoms with Crippen molar-refractivity contribution in [2.75, 3.05) is 27.4 Å². The fourth-order valence-electron chi connectivity index (χ4n) is 9.91. The highest BCUT2D eigenvalue weighted by atomic mass is 16.6. The van der Waals surface area contributed by atoms with Crippen LogP contribution >= 0.6 is 0 Å². The minimum absolute atomic E-state index is 0.0345. The number of esters is 6. The van der Waals surface area contributed by atoms with Crippen LogP contribution in [0.1, 0.15) is 59.8 Å². The van der Waals surface area contributed by atoms with Gasteiger partial charge < -0.3 is 42.6 Å². The minimum Gasteiger partial charge on any atom is -0.469 e. The molecule has 0 spiro atoms. The van der Waals surface area contributed by atoms with Crippen LogP contribution in [0, 0.1) is 59.2 Å². The van der Waals surface area contributed by atoms with E-state index in [2.05, 4.69) is 0 Å². The van der Waals surface area contributed by atoms with Crippen molar-refractivity contribution in [1.29, 1.82) is 0 Å². The van der Waals surface area contributed by atoms with E-state index in [-0.39, 0.29) is 55.4 Å². The van der Waals surface area contributed by atoms with Crippen molar-refractivity contribution in [2.45, 2.75) is 96.4 Å². The Morgan fingerprint density at radius 1 is 0.611 bits per heavy atom. The summed E-state index contributed by atoms with van der Waals surface area (Å²) in [5.41, 5.74) is 0. The molecule has 16 unspecified atom stereocenters. The van der Waals surface area contributed by atoms with E-state index in [1.807, 2.05) is 13.8 Å². The highest BCUT2D eigenvalue weighted by molar-refractivity contribution is 5.98. The monoisotopic (exact) mass is 766 g/mol. The molecular formula is C37H50O17. The van der Waals surface area contributed by atoms with Gasteiger partial charge in [0.05, 0.1) is 99.6 Å². The topological polar surface area (TPSA) is 220 Å². The molecular weight excluding hydrogens is 716 g/mol. The summed E-state index contributed by atoms with van der Waals surface area (Å²) in [4.78, 5) is 94.1. The molecule has 54 heavy (non-hydrogen) atoms. The quantitative estimate of drug-likeness (QED) is 0.105. The van der Waals surface area contributed by atoms with E-state index in [0.717, 1.165) is 12.8 Å². The van der Waals surface area contributed by atoms with Gasteiger partial charge in [0.1, 0.15) is 0 Å². The Kier molecular flexibility index (Phi) is 13.5. The van der Waals surface area contributed by atoms with Crippen molar-refractivity contribution in [3.8, 4) is 0 Å². The van der Waals surface area contributed by atoms with E-state index < -0.39 is 95.9 Å². The van der Waals surface area contributed by atoms with Crippen LogP contribution in [0.15, 0.2) is 0 Å². The summed E-state index contributed by atoms with van der Waals surface area (Å²) in [6.45, 7) is 8.35. The number of carbonyl (C=O) groups excluding carboxylic acids is 8. The average Bonchev–Trinajstić information content (AvgIpc) is 3.97. The first-order chi connectivity index (χ1) is 25.8. The van der Waals surface area contributed by atoms with E-state index in [1.165, 1.54) is 14.2 Å². The molecule has 6 rings (SSSR count). The van der Waals surface area contributed by atoms with E-state index in [1.54, 1.807) is 13.8 Å². The summed E-state index contributed by atoms with van der Waals surface area (Å²) in [6, 6.07) is 0. The number of fused-ring (bicyclic) bond motifs is 2. The second-order valence-electron chi connectivity index (χ2n) is 14.9. The Morgan fingerprint density at radius 2 is 1.09 bits per heavy atom. The Bertz CT molecular complexity index is 1340. The van der Waals surface area contributed by atoms with Gasteiger partial charge in [-0.1, -0.05) is 20.3 Å². The zero-order chi connectivity index (χ0) is 39.4. The van der Waals surface area contributed by atoms with E-state index in [4.69, 9.17) is 42.6 Å². The van der Waals surface area contributed by atoms with Crippen molar-refractivity contribution >= 4 is 48.8 Å². The zero-order valence-corrected chi connectivity index (χ0v) is 31.3. The fourth-order valence-corrected chi connectivity index (χ4v) is 9.91. The molecule has 0 aromatic rings. The Hall–Kier alpha value is -3.96. The number of hydrogen-bond acceptors (Lipinski definition) is 17. The maximum atomic E-state index is 12.5. The number of hydrogen-bond donors (Lipinski definition) is 0. The predicted molar refractivity (Wildman–Crippen MR) is 177 cm³/mol. The van der Waals surface area contributed by atoms with Gasteiger partial charge >= 0.3 is 35.8 Å². The van der Waals surface area contributed by atoms with Crippen molar-refractivity contribution in [1.82, 2.24) is 0 Å². The van der Waals surface area contributed by atoms with Gasteiger partial charge in [-0.05, 0) is 44.9 Å². The molecule has 0 aromatic heterocycles. The lowest BCUT2D eigenvalue weighted by molar-refractivity contribution is -0.160. The van der Waals surface area contributed by atoms with Crippen molar-refractivity contribution < 1.29 is 81.0 Å². The molecule has 6 aliphatic rings. The molecule has 0 bridgehead atoms. The van der Waals surface area contributed by atoms with Crippen LogP contribution in [0.4, 0.5) is 0 Å². The normalized spacial score (nSPS) is 40.6. The molecule has 0 amide bonds. The highest BCUT2D eigenvalue weighted by Gasteiger charge is 2.60. The van der Waals surface area contributed by atoms with E-state index in [9.17, 15) is 38.4 Å². The van der Waals surface area contributed by atoms with Crippen LogP contribution in [-0.2, 0) is 81.0 Å². The molecule has 0 radical (unpaired) electrons. The van der Waals surface area contributed by atoms with Crippen LogP contribution in [0.2, 0.25) is 0 Å². The van der Waals surface area contributed by atoms with E-state index in [0.29, 0.717) is 25.8 Å². The van der Waals surface area contributed by atoms with Gasteiger partial charge in [0.25, 0.3) is 12.9 Å². The largest absolute Gasteiger partial charge is 0.469 e. The van der Waals surface area contributed by atoms with Gasteiger partial charge in [-0.15, -0.1) is 0 Å². The maximum absolute atomic E-state index is 12.5. The van der Waals surface area contributed by atoms with Gasteiger partial charge in [-0.2, -0.15) is 0 Å². The molecule has 1 saturated carbocycles. The lowest BCUT2D eigenvalue weighted by atomic mass is 9.81. The molecule has 0 N–H and O–H groups in total. The average molecular weight is 767 g/mol.